The van der Waals surface area contributed by atoms with Crippen molar-refractivity contribution in [2.24, 2.45) is 0 Å². The number of H-pyrrole nitrogens is 1. The van der Waals surface area contributed by atoms with E-state index in [1.807, 2.05) is 0 Å². The van der Waals surface area contributed by atoms with Gasteiger partial charge < -0.3 is 19.6 Å². The molecule has 0 aliphatic carbocycles. The standard InChI is InChI=1S/C12H17N4O8P/c1-2-15-11(18)9-10(14-12(15)19)16(5-13-9)8-3-6(17)7(24-8)4-23-25(20,21)22/h5-8,17H,2-4H2,1H3,(H,14,19)(H2,20,21,22)/t6-,7+,8+/m0/s1. The van der Waals surface area contributed by atoms with Crippen LogP contribution in [-0.4, -0.2) is 52.8 Å². The number of hydrogen-bond acceptors (Lipinski definition) is 7. The maximum Gasteiger partial charge on any atom is 0.469 e. The summed E-state index contributed by atoms with van der Waals surface area (Å²) < 4.78 is 23.0. The fraction of sp³-hybridized carbons (Fsp3) is 0.583. The second-order valence-electron chi connectivity index (χ2n) is 5.55. The number of nitrogens with zero attached hydrogens (tertiary/aromatic N) is 3. The average molecular weight is 376 g/mol. The van der Waals surface area contributed by atoms with Crippen molar-refractivity contribution in [3.8, 4) is 0 Å². The summed E-state index contributed by atoms with van der Waals surface area (Å²) in [6.07, 6.45) is -1.43. The van der Waals surface area contributed by atoms with Gasteiger partial charge in [-0.3, -0.25) is 23.4 Å². The maximum atomic E-state index is 12.2. The Morgan fingerprint density at radius 2 is 2.20 bits per heavy atom. The lowest BCUT2D eigenvalue weighted by Crippen LogP contribution is -2.34. The van der Waals surface area contributed by atoms with Crippen molar-refractivity contribution in [1.82, 2.24) is 19.1 Å². The Labute approximate surface area is 139 Å². The minimum atomic E-state index is -4.69. The highest BCUT2D eigenvalue weighted by Crippen LogP contribution is 2.38. The van der Waals surface area contributed by atoms with Gasteiger partial charge in [0.2, 0.25) is 0 Å². The predicted molar refractivity (Wildman–Crippen MR) is 82.8 cm³/mol. The monoisotopic (exact) mass is 376 g/mol. The van der Waals surface area contributed by atoms with Gasteiger partial charge >= 0.3 is 13.5 Å². The Bertz CT molecular complexity index is 943. The zero-order chi connectivity index (χ0) is 18.4. The topological polar surface area (TPSA) is 169 Å². The molecule has 0 saturated carbocycles. The van der Waals surface area contributed by atoms with Gasteiger partial charge in [-0.25, -0.2) is 14.3 Å². The summed E-state index contributed by atoms with van der Waals surface area (Å²) in [6.45, 7) is 1.34. The number of phosphoric acid groups is 1. The Hall–Kier alpha value is -1.82. The molecule has 2 aromatic heterocycles. The van der Waals surface area contributed by atoms with E-state index in [1.54, 1.807) is 6.92 Å². The van der Waals surface area contributed by atoms with Crippen LogP contribution in [0.4, 0.5) is 0 Å². The van der Waals surface area contributed by atoms with Crippen LogP contribution in [0.15, 0.2) is 15.9 Å². The summed E-state index contributed by atoms with van der Waals surface area (Å²) in [6, 6.07) is 0. The Balaban J connectivity index is 1.89. The quantitative estimate of drug-likeness (QED) is 0.462. The van der Waals surface area contributed by atoms with Gasteiger partial charge in [-0.15, -0.1) is 0 Å². The van der Waals surface area contributed by atoms with Gasteiger partial charge in [0.1, 0.15) is 18.0 Å². The SMILES string of the molecule is CCn1c(=O)[nH]c2c(ncn2[C@H]2C[C@H](O)[C@@H](COP(=O)(O)O)O2)c1=O. The molecule has 3 atom stereocenters. The van der Waals surface area contributed by atoms with Crippen molar-refractivity contribution < 1.29 is 28.7 Å². The van der Waals surface area contributed by atoms with Gasteiger partial charge in [0.15, 0.2) is 5.52 Å². The predicted octanol–water partition coefficient (Wildman–Crippen LogP) is -1.34. The molecule has 138 valence electrons. The van der Waals surface area contributed by atoms with Crippen LogP contribution in [0.2, 0.25) is 0 Å². The van der Waals surface area contributed by atoms with E-state index in [-0.39, 0.29) is 24.1 Å². The fourth-order valence-electron chi connectivity index (χ4n) is 2.74. The number of aliphatic hydroxyl groups is 1. The van der Waals surface area contributed by atoms with Gasteiger partial charge in [-0.1, -0.05) is 0 Å². The first-order valence-corrected chi connectivity index (χ1v) is 8.97. The summed E-state index contributed by atoms with van der Waals surface area (Å²) in [5.41, 5.74) is -0.940. The van der Waals surface area contributed by atoms with E-state index in [9.17, 15) is 19.3 Å². The van der Waals surface area contributed by atoms with E-state index in [0.717, 1.165) is 4.57 Å². The fourth-order valence-corrected chi connectivity index (χ4v) is 3.08. The molecule has 0 bridgehead atoms. The van der Waals surface area contributed by atoms with E-state index in [2.05, 4.69) is 14.5 Å². The molecule has 0 spiro atoms. The van der Waals surface area contributed by atoms with Gasteiger partial charge in [-0.05, 0) is 6.92 Å². The van der Waals surface area contributed by atoms with Gasteiger partial charge in [0.25, 0.3) is 5.56 Å². The summed E-state index contributed by atoms with van der Waals surface area (Å²) in [4.78, 5) is 48.2. The number of aromatic amines is 1. The van der Waals surface area contributed by atoms with Crippen LogP contribution >= 0.6 is 7.82 Å². The molecular formula is C12H17N4O8P. The number of hydrogen-bond donors (Lipinski definition) is 4. The maximum absolute atomic E-state index is 12.2. The molecule has 25 heavy (non-hydrogen) atoms. The Morgan fingerprint density at radius 3 is 2.84 bits per heavy atom. The van der Waals surface area contributed by atoms with E-state index in [4.69, 9.17) is 14.5 Å². The van der Waals surface area contributed by atoms with Crippen LogP contribution in [0.5, 0.6) is 0 Å². The highest BCUT2D eigenvalue weighted by atomic mass is 31.2. The van der Waals surface area contributed by atoms with E-state index < -0.39 is 44.1 Å². The lowest BCUT2D eigenvalue weighted by molar-refractivity contribution is -0.0424. The number of aliphatic hydroxyl groups excluding tert-OH is 1. The molecule has 0 unspecified atom stereocenters. The number of rotatable bonds is 5. The first-order valence-electron chi connectivity index (χ1n) is 7.44. The highest BCUT2D eigenvalue weighted by molar-refractivity contribution is 7.46. The van der Waals surface area contributed by atoms with Crippen LogP contribution in [-0.2, 0) is 20.4 Å². The van der Waals surface area contributed by atoms with E-state index >= 15 is 0 Å². The van der Waals surface area contributed by atoms with Crippen molar-refractivity contribution in [2.75, 3.05) is 6.61 Å². The lowest BCUT2D eigenvalue weighted by Gasteiger charge is -2.16. The molecule has 1 aliphatic heterocycles. The first-order chi connectivity index (χ1) is 11.7. The zero-order valence-corrected chi connectivity index (χ0v) is 14.0. The van der Waals surface area contributed by atoms with Crippen LogP contribution in [0.25, 0.3) is 11.2 Å². The number of ether oxygens (including phenoxy) is 1. The number of aromatic nitrogens is 4. The second kappa shape index (κ2) is 6.48. The Kier molecular flexibility index (Phi) is 4.66. The van der Waals surface area contributed by atoms with Crippen molar-refractivity contribution in [3.05, 3.63) is 27.2 Å². The molecule has 1 saturated heterocycles. The van der Waals surface area contributed by atoms with Crippen LogP contribution in [0.3, 0.4) is 0 Å². The van der Waals surface area contributed by atoms with Crippen LogP contribution in [0.1, 0.15) is 19.6 Å². The van der Waals surface area contributed by atoms with Gasteiger partial charge in [0.05, 0.1) is 19.0 Å². The number of nitrogens with one attached hydrogen (secondary N) is 1. The molecule has 0 aromatic carbocycles. The molecule has 0 radical (unpaired) electrons. The molecule has 3 heterocycles. The molecule has 1 aliphatic rings. The molecule has 0 amide bonds. The minimum Gasteiger partial charge on any atom is -0.390 e. The number of fused-ring (bicyclic) bond motifs is 1. The second-order valence-corrected chi connectivity index (χ2v) is 6.79. The van der Waals surface area contributed by atoms with Gasteiger partial charge in [0, 0.05) is 13.0 Å². The summed E-state index contributed by atoms with van der Waals surface area (Å²) in [5.74, 6) is 0. The summed E-state index contributed by atoms with van der Waals surface area (Å²) in [7, 11) is -4.69. The number of phosphoric ester groups is 1. The van der Waals surface area contributed by atoms with Crippen molar-refractivity contribution >= 4 is 19.0 Å². The van der Waals surface area contributed by atoms with E-state index in [0.29, 0.717) is 0 Å². The first kappa shape index (κ1) is 18.0. The van der Waals surface area contributed by atoms with Gasteiger partial charge in [-0.2, -0.15) is 0 Å². The van der Waals surface area contributed by atoms with Crippen molar-refractivity contribution in [2.45, 2.75) is 38.3 Å². The third kappa shape index (κ3) is 3.45. The summed E-state index contributed by atoms with van der Waals surface area (Å²) >= 11 is 0. The molecule has 2 aromatic rings. The third-order valence-electron chi connectivity index (χ3n) is 3.95. The smallest absolute Gasteiger partial charge is 0.390 e. The molecule has 3 rings (SSSR count). The molecule has 12 nitrogen and oxygen atoms in total. The normalized spacial score (nSPS) is 24.2. The lowest BCUT2D eigenvalue weighted by atomic mass is 10.2. The molecular weight excluding hydrogens is 359 g/mol. The zero-order valence-electron chi connectivity index (χ0n) is 13.1. The molecule has 4 N–H and O–H groups in total. The van der Waals surface area contributed by atoms with Crippen LogP contribution < -0.4 is 11.2 Å². The average Bonchev–Trinajstić information content (AvgIpc) is 3.08. The Morgan fingerprint density at radius 1 is 1.48 bits per heavy atom. The van der Waals surface area contributed by atoms with Crippen LogP contribution in [0, 0.1) is 0 Å². The summed E-state index contributed by atoms with van der Waals surface area (Å²) in [5, 5.41) is 9.99. The molecule has 13 heteroatoms. The number of imidazole rings is 1. The van der Waals surface area contributed by atoms with E-state index in [1.165, 1.54) is 10.9 Å². The van der Waals surface area contributed by atoms with Crippen molar-refractivity contribution in [3.63, 3.8) is 0 Å². The van der Waals surface area contributed by atoms with Crippen molar-refractivity contribution in [1.29, 1.82) is 0 Å². The molecule has 1 fully saturated rings. The largest absolute Gasteiger partial charge is 0.469 e. The minimum absolute atomic E-state index is 0.0504. The third-order valence-corrected chi connectivity index (χ3v) is 4.43. The highest BCUT2D eigenvalue weighted by Gasteiger charge is 2.37.